The summed E-state index contributed by atoms with van der Waals surface area (Å²) in [4.78, 5) is 2.58. The van der Waals surface area contributed by atoms with E-state index < -0.39 is 0 Å². The molecule has 0 aromatic carbocycles. The third-order valence-corrected chi connectivity index (χ3v) is 3.76. The van der Waals surface area contributed by atoms with Crippen molar-refractivity contribution in [2.24, 2.45) is 5.92 Å². The Labute approximate surface area is 95.4 Å². The van der Waals surface area contributed by atoms with Crippen molar-refractivity contribution >= 4 is 0 Å². The maximum Gasteiger partial charge on any atom is 0.0217 e. The fraction of sp³-hybridized carbons (Fsp3) is 1.00. The minimum Gasteiger partial charge on any atom is -0.313 e. The highest BCUT2D eigenvalue weighted by Crippen LogP contribution is 2.35. The average Bonchev–Trinajstić information content (AvgIpc) is 3.00. The molecule has 90 valence electrons. The van der Waals surface area contributed by atoms with Crippen LogP contribution in [0.1, 0.15) is 47.0 Å². The van der Waals surface area contributed by atoms with E-state index >= 15 is 0 Å². The van der Waals surface area contributed by atoms with E-state index in [-0.39, 0.29) is 0 Å². The normalized spacial score (nSPS) is 21.0. The van der Waals surface area contributed by atoms with Gasteiger partial charge in [-0.1, -0.05) is 20.8 Å². The third-order valence-electron chi connectivity index (χ3n) is 3.76. The lowest BCUT2D eigenvalue weighted by Crippen LogP contribution is -2.46. The fourth-order valence-corrected chi connectivity index (χ4v) is 2.19. The van der Waals surface area contributed by atoms with Gasteiger partial charge < -0.3 is 5.32 Å². The standard InChI is InChI=1S/C13H28N2/c1-6-13(9-14-10(2)3)15(5)11(4)12-7-8-12/h10-14H,6-9H2,1-5H3. The molecule has 1 saturated carbocycles. The molecule has 1 fully saturated rings. The summed E-state index contributed by atoms with van der Waals surface area (Å²) in [5.41, 5.74) is 0. The van der Waals surface area contributed by atoms with Gasteiger partial charge in [0.2, 0.25) is 0 Å². The SMILES string of the molecule is CCC(CNC(C)C)N(C)C(C)C1CC1. The van der Waals surface area contributed by atoms with E-state index in [1.807, 2.05) is 0 Å². The summed E-state index contributed by atoms with van der Waals surface area (Å²) in [6.07, 6.45) is 4.13. The highest BCUT2D eigenvalue weighted by atomic mass is 15.2. The number of likely N-dealkylation sites (N-methyl/N-ethyl adjacent to an activating group) is 1. The molecule has 0 bridgehead atoms. The van der Waals surface area contributed by atoms with Crippen LogP contribution in [0.2, 0.25) is 0 Å². The molecule has 0 amide bonds. The Morgan fingerprint density at radius 2 is 1.87 bits per heavy atom. The summed E-state index contributed by atoms with van der Waals surface area (Å²) in [5.74, 6) is 0.975. The van der Waals surface area contributed by atoms with Gasteiger partial charge >= 0.3 is 0 Å². The number of nitrogens with zero attached hydrogens (tertiary/aromatic N) is 1. The Morgan fingerprint density at radius 1 is 1.27 bits per heavy atom. The quantitative estimate of drug-likeness (QED) is 0.697. The van der Waals surface area contributed by atoms with Crippen molar-refractivity contribution in [1.29, 1.82) is 0 Å². The zero-order valence-corrected chi connectivity index (χ0v) is 11.1. The van der Waals surface area contributed by atoms with Crippen molar-refractivity contribution in [3.8, 4) is 0 Å². The van der Waals surface area contributed by atoms with Crippen LogP contribution in [0.25, 0.3) is 0 Å². The second-order valence-electron chi connectivity index (χ2n) is 5.37. The molecule has 0 saturated heterocycles. The Bertz CT molecular complexity index is 175. The van der Waals surface area contributed by atoms with Gasteiger partial charge in [-0.15, -0.1) is 0 Å². The Hall–Kier alpha value is -0.0800. The molecule has 2 nitrogen and oxygen atoms in total. The van der Waals surface area contributed by atoms with Gasteiger partial charge in [-0.05, 0) is 39.2 Å². The first-order valence-electron chi connectivity index (χ1n) is 6.51. The van der Waals surface area contributed by atoms with Crippen LogP contribution in [0.4, 0.5) is 0 Å². The van der Waals surface area contributed by atoms with Gasteiger partial charge in [0, 0.05) is 24.7 Å². The molecule has 1 aliphatic rings. The topological polar surface area (TPSA) is 15.3 Å². The largest absolute Gasteiger partial charge is 0.313 e. The highest BCUT2D eigenvalue weighted by Gasteiger charge is 2.32. The molecule has 2 unspecified atom stereocenters. The second kappa shape index (κ2) is 5.86. The van der Waals surface area contributed by atoms with E-state index in [4.69, 9.17) is 0 Å². The maximum atomic E-state index is 3.55. The molecule has 0 aromatic rings. The molecule has 1 rings (SSSR count). The van der Waals surface area contributed by atoms with Gasteiger partial charge in [0.1, 0.15) is 0 Å². The summed E-state index contributed by atoms with van der Waals surface area (Å²) >= 11 is 0. The number of hydrogen-bond donors (Lipinski definition) is 1. The summed E-state index contributed by atoms with van der Waals surface area (Å²) in [6, 6.07) is 2.07. The maximum absolute atomic E-state index is 3.55. The van der Waals surface area contributed by atoms with Crippen LogP contribution in [0.15, 0.2) is 0 Å². The van der Waals surface area contributed by atoms with Crippen LogP contribution in [0, 0.1) is 5.92 Å². The molecule has 1 N–H and O–H groups in total. The lowest BCUT2D eigenvalue weighted by molar-refractivity contribution is 0.157. The zero-order chi connectivity index (χ0) is 11.4. The smallest absolute Gasteiger partial charge is 0.0217 e. The predicted octanol–water partition coefficient (Wildman–Crippen LogP) is 2.49. The number of rotatable bonds is 7. The molecule has 0 heterocycles. The first-order valence-corrected chi connectivity index (χ1v) is 6.51. The summed E-state index contributed by atoms with van der Waals surface area (Å²) < 4.78 is 0. The van der Waals surface area contributed by atoms with Crippen molar-refractivity contribution in [3.05, 3.63) is 0 Å². The molecule has 2 heteroatoms. The minimum absolute atomic E-state index is 0.601. The van der Waals surface area contributed by atoms with Crippen LogP contribution < -0.4 is 5.32 Å². The van der Waals surface area contributed by atoms with Crippen molar-refractivity contribution in [3.63, 3.8) is 0 Å². The van der Waals surface area contributed by atoms with E-state index in [0.717, 1.165) is 18.5 Å². The van der Waals surface area contributed by atoms with Gasteiger partial charge in [0.25, 0.3) is 0 Å². The van der Waals surface area contributed by atoms with Crippen LogP contribution in [-0.4, -0.2) is 36.6 Å². The highest BCUT2D eigenvalue weighted by molar-refractivity contribution is 4.87. The van der Waals surface area contributed by atoms with E-state index in [9.17, 15) is 0 Å². The van der Waals surface area contributed by atoms with E-state index in [1.165, 1.54) is 19.3 Å². The Morgan fingerprint density at radius 3 is 2.27 bits per heavy atom. The van der Waals surface area contributed by atoms with Crippen LogP contribution in [0.5, 0.6) is 0 Å². The van der Waals surface area contributed by atoms with Crippen molar-refractivity contribution in [1.82, 2.24) is 10.2 Å². The van der Waals surface area contributed by atoms with E-state index in [1.54, 1.807) is 0 Å². The van der Waals surface area contributed by atoms with Crippen LogP contribution >= 0.6 is 0 Å². The molecular formula is C13H28N2. The lowest BCUT2D eigenvalue weighted by atomic mass is 10.1. The van der Waals surface area contributed by atoms with E-state index in [0.29, 0.717) is 12.1 Å². The van der Waals surface area contributed by atoms with Gasteiger partial charge in [0.05, 0.1) is 0 Å². The molecule has 2 atom stereocenters. The predicted molar refractivity (Wildman–Crippen MR) is 67.2 cm³/mol. The lowest BCUT2D eigenvalue weighted by Gasteiger charge is -2.33. The minimum atomic E-state index is 0.601. The van der Waals surface area contributed by atoms with Gasteiger partial charge in [0.15, 0.2) is 0 Å². The Balaban J connectivity index is 2.34. The molecule has 0 spiro atoms. The van der Waals surface area contributed by atoms with Crippen molar-refractivity contribution in [2.75, 3.05) is 13.6 Å². The van der Waals surface area contributed by atoms with Crippen molar-refractivity contribution < 1.29 is 0 Å². The summed E-state index contributed by atoms with van der Waals surface area (Å²) in [7, 11) is 2.29. The number of nitrogens with one attached hydrogen (secondary N) is 1. The van der Waals surface area contributed by atoms with Crippen LogP contribution in [-0.2, 0) is 0 Å². The molecule has 0 aromatic heterocycles. The molecule has 0 aliphatic heterocycles. The third kappa shape index (κ3) is 4.12. The van der Waals surface area contributed by atoms with Gasteiger partial charge in [-0.3, -0.25) is 4.90 Å². The second-order valence-corrected chi connectivity index (χ2v) is 5.37. The first-order chi connectivity index (χ1) is 7.06. The van der Waals surface area contributed by atoms with Crippen LogP contribution in [0.3, 0.4) is 0 Å². The van der Waals surface area contributed by atoms with Gasteiger partial charge in [-0.2, -0.15) is 0 Å². The van der Waals surface area contributed by atoms with Gasteiger partial charge in [-0.25, -0.2) is 0 Å². The van der Waals surface area contributed by atoms with Crippen molar-refractivity contribution in [2.45, 2.75) is 65.1 Å². The first kappa shape index (κ1) is 13.0. The summed E-state index contributed by atoms with van der Waals surface area (Å²) in [6.45, 7) is 10.2. The molecule has 1 aliphatic carbocycles. The zero-order valence-electron chi connectivity index (χ0n) is 11.1. The fourth-order valence-electron chi connectivity index (χ4n) is 2.19. The summed E-state index contributed by atoms with van der Waals surface area (Å²) in [5, 5.41) is 3.55. The Kier molecular flexibility index (Phi) is 5.07. The monoisotopic (exact) mass is 212 g/mol. The molecular weight excluding hydrogens is 184 g/mol. The molecule has 0 radical (unpaired) electrons. The van der Waals surface area contributed by atoms with E-state index in [2.05, 4.69) is 45.0 Å². The average molecular weight is 212 g/mol. The number of hydrogen-bond acceptors (Lipinski definition) is 2. The molecule has 15 heavy (non-hydrogen) atoms.